The first-order valence-electron chi connectivity index (χ1n) is 7.29. The molecule has 0 aliphatic rings. The molecule has 2 N–H and O–H groups in total. The molecule has 3 nitrogen and oxygen atoms in total. The minimum Gasteiger partial charge on any atom is -0.394 e. The first kappa shape index (κ1) is 16.9. The lowest BCUT2D eigenvalue weighted by molar-refractivity contribution is 0.158. The Morgan fingerprint density at radius 3 is 2.60 bits per heavy atom. The van der Waals surface area contributed by atoms with E-state index in [4.69, 9.17) is 0 Å². The maximum atomic E-state index is 13.3. The van der Waals surface area contributed by atoms with Crippen molar-refractivity contribution in [2.24, 2.45) is 0 Å². The standard InChI is InChI=1S/C16H27FN2O/c1-5-19(15-8-6-7-14(17)11-15)10-9-16(4,12-20)18-13(2)3/h6-8,11,13,18,20H,5,9-10,12H2,1-4H3. The first-order valence-corrected chi connectivity index (χ1v) is 7.29. The van der Waals surface area contributed by atoms with Crippen molar-refractivity contribution in [1.29, 1.82) is 0 Å². The Morgan fingerprint density at radius 1 is 1.40 bits per heavy atom. The van der Waals surface area contributed by atoms with Crippen LogP contribution in [-0.2, 0) is 0 Å². The number of hydrogen-bond acceptors (Lipinski definition) is 3. The van der Waals surface area contributed by atoms with Gasteiger partial charge < -0.3 is 15.3 Å². The summed E-state index contributed by atoms with van der Waals surface area (Å²) in [6, 6.07) is 6.96. The summed E-state index contributed by atoms with van der Waals surface area (Å²) in [6.45, 7) is 9.88. The zero-order chi connectivity index (χ0) is 15.2. The van der Waals surface area contributed by atoms with Gasteiger partial charge in [-0.05, 0) is 38.5 Å². The minimum absolute atomic E-state index is 0.0892. The van der Waals surface area contributed by atoms with Crippen molar-refractivity contribution in [1.82, 2.24) is 5.32 Å². The van der Waals surface area contributed by atoms with Gasteiger partial charge in [-0.25, -0.2) is 4.39 Å². The van der Waals surface area contributed by atoms with Gasteiger partial charge in [0.05, 0.1) is 6.61 Å². The van der Waals surface area contributed by atoms with Crippen LogP contribution >= 0.6 is 0 Å². The van der Waals surface area contributed by atoms with Crippen LogP contribution < -0.4 is 10.2 Å². The summed E-state index contributed by atoms with van der Waals surface area (Å²) in [6.07, 6.45) is 0.798. The lowest BCUT2D eigenvalue weighted by atomic mass is 9.97. The molecule has 0 saturated carbocycles. The van der Waals surface area contributed by atoms with E-state index in [1.165, 1.54) is 6.07 Å². The average Bonchev–Trinajstić information content (AvgIpc) is 2.39. The van der Waals surface area contributed by atoms with Crippen molar-refractivity contribution in [2.75, 3.05) is 24.6 Å². The van der Waals surface area contributed by atoms with Crippen LogP contribution in [0.15, 0.2) is 24.3 Å². The summed E-state index contributed by atoms with van der Waals surface area (Å²) in [5.74, 6) is -0.217. The third kappa shape index (κ3) is 5.10. The van der Waals surface area contributed by atoms with Gasteiger partial charge in [0.15, 0.2) is 0 Å². The second kappa shape index (κ2) is 7.60. The Kier molecular flexibility index (Phi) is 6.43. The molecule has 0 aliphatic heterocycles. The van der Waals surface area contributed by atoms with Crippen LogP contribution in [0.4, 0.5) is 10.1 Å². The van der Waals surface area contributed by atoms with Crippen LogP contribution in [0.25, 0.3) is 0 Å². The fourth-order valence-corrected chi connectivity index (χ4v) is 2.42. The topological polar surface area (TPSA) is 35.5 Å². The molecular formula is C16H27FN2O. The Morgan fingerprint density at radius 2 is 2.10 bits per heavy atom. The molecule has 0 saturated heterocycles. The molecule has 4 heteroatoms. The molecule has 0 fully saturated rings. The number of halogens is 1. The van der Waals surface area contributed by atoms with Crippen LogP contribution in [0, 0.1) is 5.82 Å². The van der Waals surface area contributed by atoms with Crippen molar-refractivity contribution < 1.29 is 9.50 Å². The summed E-state index contributed by atoms with van der Waals surface area (Å²) in [4.78, 5) is 2.12. The molecule has 114 valence electrons. The van der Waals surface area contributed by atoms with Gasteiger partial charge in [-0.2, -0.15) is 0 Å². The summed E-state index contributed by atoms with van der Waals surface area (Å²) in [5.41, 5.74) is 0.576. The molecule has 0 amide bonds. The maximum Gasteiger partial charge on any atom is 0.125 e. The third-order valence-corrected chi connectivity index (χ3v) is 3.47. The predicted molar refractivity (Wildman–Crippen MR) is 82.7 cm³/mol. The van der Waals surface area contributed by atoms with Crippen LogP contribution in [0.2, 0.25) is 0 Å². The average molecular weight is 282 g/mol. The molecular weight excluding hydrogens is 255 g/mol. The summed E-state index contributed by atoms with van der Waals surface area (Å²) >= 11 is 0. The van der Waals surface area contributed by atoms with Gasteiger partial charge in [0.1, 0.15) is 5.82 Å². The van der Waals surface area contributed by atoms with Crippen LogP contribution in [-0.4, -0.2) is 36.4 Å². The highest BCUT2D eigenvalue weighted by Gasteiger charge is 2.24. The fraction of sp³-hybridized carbons (Fsp3) is 0.625. The quantitative estimate of drug-likeness (QED) is 0.769. The van der Waals surface area contributed by atoms with E-state index in [1.54, 1.807) is 12.1 Å². The molecule has 1 unspecified atom stereocenters. The number of anilines is 1. The number of aliphatic hydroxyl groups is 1. The van der Waals surface area contributed by atoms with E-state index in [-0.39, 0.29) is 18.0 Å². The lowest BCUT2D eigenvalue weighted by Gasteiger charge is -2.34. The molecule has 0 radical (unpaired) electrons. The molecule has 1 atom stereocenters. The van der Waals surface area contributed by atoms with E-state index in [2.05, 4.69) is 31.0 Å². The summed E-state index contributed by atoms with van der Waals surface area (Å²) in [5, 5.41) is 13.0. The van der Waals surface area contributed by atoms with Gasteiger partial charge in [-0.3, -0.25) is 0 Å². The molecule has 1 aromatic carbocycles. The predicted octanol–water partition coefficient (Wildman–Crippen LogP) is 2.79. The SMILES string of the molecule is CCN(CCC(C)(CO)NC(C)C)c1cccc(F)c1. The zero-order valence-electron chi connectivity index (χ0n) is 13.0. The van der Waals surface area contributed by atoms with Gasteiger partial charge in [0, 0.05) is 30.4 Å². The number of nitrogens with one attached hydrogen (secondary N) is 1. The third-order valence-electron chi connectivity index (χ3n) is 3.47. The molecule has 1 aromatic rings. The molecule has 0 heterocycles. The van der Waals surface area contributed by atoms with Gasteiger partial charge >= 0.3 is 0 Å². The smallest absolute Gasteiger partial charge is 0.125 e. The summed E-state index contributed by atoms with van der Waals surface area (Å²) in [7, 11) is 0. The van der Waals surface area contributed by atoms with Gasteiger partial charge in [0.2, 0.25) is 0 Å². The Labute approximate surface area is 121 Å². The number of hydrogen-bond donors (Lipinski definition) is 2. The van der Waals surface area contributed by atoms with E-state index >= 15 is 0 Å². The highest BCUT2D eigenvalue weighted by molar-refractivity contribution is 5.46. The molecule has 0 aromatic heterocycles. The normalized spacial score (nSPS) is 14.3. The number of benzene rings is 1. The molecule has 0 aliphatic carbocycles. The van der Waals surface area contributed by atoms with Crippen LogP contribution in [0.3, 0.4) is 0 Å². The molecule has 1 rings (SSSR count). The van der Waals surface area contributed by atoms with E-state index in [1.807, 2.05) is 13.0 Å². The molecule has 0 bridgehead atoms. The van der Waals surface area contributed by atoms with Crippen molar-refractivity contribution in [3.8, 4) is 0 Å². The highest BCUT2D eigenvalue weighted by atomic mass is 19.1. The minimum atomic E-state index is -0.311. The lowest BCUT2D eigenvalue weighted by Crippen LogP contribution is -2.51. The number of aliphatic hydroxyl groups excluding tert-OH is 1. The number of rotatable bonds is 8. The Hall–Kier alpha value is -1.13. The number of nitrogens with zero attached hydrogens (tertiary/aromatic N) is 1. The monoisotopic (exact) mass is 282 g/mol. The van der Waals surface area contributed by atoms with Crippen LogP contribution in [0.1, 0.15) is 34.1 Å². The summed E-state index contributed by atoms with van der Waals surface area (Å²) < 4.78 is 13.3. The largest absolute Gasteiger partial charge is 0.394 e. The van der Waals surface area contributed by atoms with Crippen molar-refractivity contribution in [2.45, 2.75) is 45.7 Å². The Bertz CT molecular complexity index is 411. The molecule has 0 spiro atoms. The maximum absolute atomic E-state index is 13.3. The second-order valence-electron chi connectivity index (χ2n) is 5.83. The van der Waals surface area contributed by atoms with Gasteiger partial charge in [0.25, 0.3) is 0 Å². The second-order valence-corrected chi connectivity index (χ2v) is 5.83. The highest BCUT2D eigenvalue weighted by Crippen LogP contribution is 2.18. The van der Waals surface area contributed by atoms with Crippen molar-refractivity contribution in [3.05, 3.63) is 30.1 Å². The van der Waals surface area contributed by atoms with E-state index < -0.39 is 0 Å². The fourth-order valence-electron chi connectivity index (χ4n) is 2.42. The van der Waals surface area contributed by atoms with Crippen molar-refractivity contribution in [3.63, 3.8) is 0 Å². The van der Waals surface area contributed by atoms with E-state index in [0.717, 1.165) is 25.2 Å². The zero-order valence-corrected chi connectivity index (χ0v) is 13.0. The van der Waals surface area contributed by atoms with Gasteiger partial charge in [-0.15, -0.1) is 0 Å². The van der Waals surface area contributed by atoms with E-state index in [0.29, 0.717) is 6.04 Å². The first-order chi connectivity index (χ1) is 9.40. The van der Waals surface area contributed by atoms with E-state index in [9.17, 15) is 9.50 Å². The van der Waals surface area contributed by atoms with Crippen molar-refractivity contribution >= 4 is 5.69 Å². The van der Waals surface area contributed by atoms with Crippen LogP contribution in [0.5, 0.6) is 0 Å². The van der Waals surface area contributed by atoms with Gasteiger partial charge in [-0.1, -0.05) is 19.9 Å². The molecule has 20 heavy (non-hydrogen) atoms. The Balaban J connectivity index is 2.69.